The van der Waals surface area contributed by atoms with E-state index in [2.05, 4.69) is 0 Å². The molecule has 0 bridgehead atoms. The molecule has 1 aromatic rings. The lowest BCUT2D eigenvalue weighted by Gasteiger charge is -2.05. The third-order valence-corrected chi connectivity index (χ3v) is 2.90. The molecule has 0 spiro atoms. The smallest absolute Gasteiger partial charge is 0.288 e. The van der Waals surface area contributed by atoms with Crippen LogP contribution in [0.25, 0.3) is 0 Å². The summed E-state index contributed by atoms with van der Waals surface area (Å²) in [4.78, 5) is 10.3. The van der Waals surface area contributed by atoms with Gasteiger partial charge in [-0.2, -0.15) is 0 Å². The zero-order chi connectivity index (χ0) is 14.1. The van der Waals surface area contributed by atoms with Crippen LogP contribution in [0, 0.1) is 17.0 Å². The molecule has 0 amide bonds. The van der Waals surface area contributed by atoms with E-state index in [4.69, 9.17) is 17.3 Å². The van der Waals surface area contributed by atoms with E-state index in [-0.39, 0.29) is 10.7 Å². The fraction of sp³-hybridized carbons (Fsp3) is 0.538. The fourth-order valence-electron chi connectivity index (χ4n) is 1.57. The average molecular weight is 273 g/mol. The van der Waals surface area contributed by atoms with Crippen LogP contribution in [0.3, 0.4) is 0 Å². The Hall–Kier alpha value is -1.13. The summed E-state index contributed by atoms with van der Waals surface area (Å²) < 4.78 is 0. The molecule has 0 fully saturated rings. The number of nitro groups is 1. The minimum atomic E-state index is -0.443. The van der Waals surface area contributed by atoms with Gasteiger partial charge in [0.2, 0.25) is 0 Å². The van der Waals surface area contributed by atoms with Crippen LogP contribution in [0.1, 0.15) is 37.8 Å². The highest BCUT2D eigenvalue weighted by molar-refractivity contribution is 6.33. The predicted octanol–water partition coefficient (Wildman–Crippen LogP) is 3.86. The second-order valence-corrected chi connectivity index (χ2v) is 4.13. The molecule has 102 valence electrons. The summed E-state index contributed by atoms with van der Waals surface area (Å²) in [7, 11) is 0. The van der Waals surface area contributed by atoms with Gasteiger partial charge in [0.05, 0.1) is 4.92 Å². The predicted molar refractivity (Wildman–Crippen MR) is 76.2 cm³/mol. The number of hydrogen-bond acceptors (Lipinski definition) is 3. The summed E-state index contributed by atoms with van der Waals surface area (Å²) in [6.45, 7) is 6.43. The first kappa shape index (κ1) is 16.9. The Balaban J connectivity index is 0.00000137. The molecule has 0 atom stereocenters. The summed E-state index contributed by atoms with van der Waals surface area (Å²) in [6.07, 6.45) is 2.67. The van der Waals surface area contributed by atoms with Gasteiger partial charge in [0.1, 0.15) is 5.02 Å². The van der Waals surface area contributed by atoms with Crippen LogP contribution >= 0.6 is 11.6 Å². The number of nitrogens with zero attached hydrogens (tertiary/aromatic N) is 1. The highest BCUT2D eigenvalue weighted by atomic mass is 35.5. The lowest BCUT2D eigenvalue weighted by Crippen LogP contribution is -2.00. The summed E-state index contributed by atoms with van der Waals surface area (Å²) in [5.41, 5.74) is 7.08. The number of rotatable bonds is 5. The monoisotopic (exact) mass is 272 g/mol. The Morgan fingerprint density at radius 3 is 2.44 bits per heavy atom. The van der Waals surface area contributed by atoms with Crippen LogP contribution in [0.5, 0.6) is 0 Å². The van der Waals surface area contributed by atoms with E-state index in [1.807, 2.05) is 19.9 Å². The van der Waals surface area contributed by atoms with Crippen molar-refractivity contribution in [2.24, 2.45) is 5.73 Å². The second-order valence-electron chi connectivity index (χ2n) is 3.75. The van der Waals surface area contributed by atoms with Crippen LogP contribution in [0.4, 0.5) is 5.69 Å². The van der Waals surface area contributed by atoms with Crippen molar-refractivity contribution in [2.45, 2.75) is 40.0 Å². The van der Waals surface area contributed by atoms with Crippen LogP contribution in [-0.4, -0.2) is 11.5 Å². The highest BCUT2D eigenvalue weighted by Gasteiger charge is 2.15. The molecule has 0 saturated heterocycles. The van der Waals surface area contributed by atoms with Gasteiger partial charge < -0.3 is 5.73 Å². The van der Waals surface area contributed by atoms with Crippen molar-refractivity contribution < 1.29 is 4.92 Å². The standard InChI is InChI=1S/C11H15ClN2O2.C2H6/c1-8-6-9(4-2-3-5-13)7-10(11(8)12)14(15)16;1-2/h6-7H,2-5,13H2,1H3;1-2H3. The van der Waals surface area contributed by atoms with Crippen molar-refractivity contribution in [1.29, 1.82) is 0 Å². The molecule has 1 aromatic carbocycles. The summed E-state index contributed by atoms with van der Waals surface area (Å²) in [5.74, 6) is 0. The van der Waals surface area contributed by atoms with Gasteiger partial charge >= 0.3 is 0 Å². The molecule has 4 nitrogen and oxygen atoms in total. The van der Waals surface area contributed by atoms with Crippen molar-refractivity contribution >= 4 is 17.3 Å². The molecule has 0 aliphatic rings. The number of hydrogen-bond donors (Lipinski definition) is 1. The van der Waals surface area contributed by atoms with E-state index in [1.165, 1.54) is 0 Å². The van der Waals surface area contributed by atoms with Gasteiger partial charge in [-0.05, 0) is 43.9 Å². The Kier molecular flexibility index (Phi) is 8.33. The number of nitrogens with two attached hydrogens (primary N) is 1. The summed E-state index contributed by atoms with van der Waals surface area (Å²) in [5, 5.41) is 11.0. The maximum Gasteiger partial charge on any atom is 0.288 e. The molecule has 0 radical (unpaired) electrons. The summed E-state index contributed by atoms with van der Waals surface area (Å²) in [6, 6.07) is 3.44. The molecule has 0 aliphatic carbocycles. The fourth-order valence-corrected chi connectivity index (χ4v) is 1.75. The van der Waals surface area contributed by atoms with Crippen molar-refractivity contribution in [2.75, 3.05) is 6.54 Å². The van der Waals surface area contributed by atoms with Crippen molar-refractivity contribution in [3.8, 4) is 0 Å². The van der Waals surface area contributed by atoms with Crippen LogP contribution in [-0.2, 0) is 6.42 Å². The van der Waals surface area contributed by atoms with E-state index in [0.717, 1.165) is 30.4 Å². The molecule has 2 N–H and O–H groups in total. The maximum atomic E-state index is 10.8. The molecule has 18 heavy (non-hydrogen) atoms. The van der Waals surface area contributed by atoms with Crippen LogP contribution in [0.2, 0.25) is 5.02 Å². The van der Waals surface area contributed by atoms with Crippen molar-refractivity contribution in [1.82, 2.24) is 0 Å². The first-order valence-corrected chi connectivity index (χ1v) is 6.57. The first-order valence-electron chi connectivity index (χ1n) is 6.19. The quantitative estimate of drug-likeness (QED) is 0.503. The lowest BCUT2D eigenvalue weighted by atomic mass is 10.0. The molecule has 0 unspecified atom stereocenters. The van der Waals surface area contributed by atoms with E-state index < -0.39 is 4.92 Å². The molecule has 0 aromatic heterocycles. The molecule has 0 heterocycles. The largest absolute Gasteiger partial charge is 0.330 e. The average Bonchev–Trinajstić information content (AvgIpc) is 2.36. The topological polar surface area (TPSA) is 69.2 Å². The Bertz CT molecular complexity index is 395. The van der Waals surface area contributed by atoms with Crippen LogP contribution < -0.4 is 5.73 Å². The maximum absolute atomic E-state index is 10.8. The molecule has 0 saturated carbocycles. The third-order valence-electron chi connectivity index (χ3n) is 2.41. The Labute approximate surface area is 113 Å². The van der Waals surface area contributed by atoms with Gasteiger partial charge in [0, 0.05) is 6.07 Å². The lowest BCUT2D eigenvalue weighted by molar-refractivity contribution is -0.384. The molecule has 0 aliphatic heterocycles. The zero-order valence-corrected chi connectivity index (χ0v) is 12.0. The molecule has 5 heteroatoms. The van der Waals surface area contributed by atoms with Crippen LogP contribution in [0.15, 0.2) is 12.1 Å². The van der Waals surface area contributed by atoms with Gasteiger partial charge in [0.15, 0.2) is 0 Å². The highest BCUT2D eigenvalue weighted by Crippen LogP contribution is 2.29. The molecular weight excluding hydrogens is 252 g/mol. The minimum absolute atomic E-state index is 0.00980. The normalized spacial score (nSPS) is 9.61. The van der Waals surface area contributed by atoms with E-state index in [0.29, 0.717) is 6.54 Å². The van der Waals surface area contributed by atoms with E-state index in [9.17, 15) is 10.1 Å². The first-order chi connectivity index (χ1) is 8.56. The number of benzene rings is 1. The second kappa shape index (κ2) is 8.89. The Morgan fingerprint density at radius 2 is 1.94 bits per heavy atom. The van der Waals surface area contributed by atoms with Crippen molar-refractivity contribution in [3.63, 3.8) is 0 Å². The Morgan fingerprint density at radius 1 is 1.33 bits per heavy atom. The third kappa shape index (κ3) is 5.02. The number of unbranched alkanes of at least 4 members (excludes halogenated alkanes) is 1. The van der Waals surface area contributed by atoms with Crippen molar-refractivity contribution in [3.05, 3.63) is 38.4 Å². The van der Waals surface area contributed by atoms with Gasteiger partial charge in [-0.15, -0.1) is 0 Å². The minimum Gasteiger partial charge on any atom is -0.330 e. The summed E-state index contributed by atoms with van der Waals surface area (Å²) >= 11 is 5.86. The number of nitro benzene ring substituents is 1. The van der Waals surface area contributed by atoms with Gasteiger partial charge in [-0.1, -0.05) is 31.5 Å². The van der Waals surface area contributed by atoms with E-state index >= 15 is 0 Å². The number of halogens is 1. The number of aryl methyl sites for hydroxylation is 2. The van der Waals surface area contributed by atoms with Gasteiger partial charge in [-0.25, -0.2) is 0 Å². The van der Waals surface area contributed by atoms with Gasteiger partial charge in [0.25, 0.3) is 5.69 Å². The zero-order valence-electron chi connectivity index (χ0n) is 11.2. The molecule has 1 rings (SSSR count). The SMILES string of the molecule is CC.Cc1cc(CCCCN)cc([N+](=O)[O-])c1Cl. The molecular formula is C13H21ClN2O2. The van der Waals surface area contributed by atoms with E-state index in [1.54, 1.807) is 13.0 Å². The van der Waals surface area contributed by atoms with Gasteiger partial charge in [-0.3, -0.25) is 10.1 Å².